The summed E-state index contributed by atoms with van der Waals surface area (Å²) in [5.41, 5.74) is 5.29. The SMILES string of the molecule is CCCNP(=O)(O)N1CC(N)C1=O. The molecular formula is C6H14N3O3P. The highest BCUT2D eigenvalue weighted by Crippen LogP contribution is 2.44. The van der Waals surface area contributed by atoms with E-state index in [1.807, 2.05) is 6.92 Å². The minimum Gasteiger partial charge on any atom is -0.318 e. The Morgan fingerprint density at radius 2 is 2.46 bits per heavy atom. The van der Waals surface area contributed by atoms with Crippen molar-refractivity contribution < 1.29 is 14.3 Å². The molecule has 0 aromatic carbocycles. The lowest BCUT2D eigenvalue weighted by Crippen LogP contribution is -2.60. The molecule has 2 atom stereocenters. The molecule has 0 aromatic rings. The maximum atomic E-state index is 11.4. The third-order valence-electron chi connectivity index (χ3n) is 1.84. The molecule has 1 amide bonds. The van der Waals surface area contributed by atoms with Gasteiger partial charge in [0.25, 0.3) is 0 Å². The number of nitrogens with zero attached hydrogens (tertiary/aromatic N) is 1. The van der Waals surface area contributed by atoms with Crippen LogP contribution in [0.2, 0.25) is 0 Å². The minimum absolute atomic E-state index is 0.156. The van der Waals surface area contributed by atoms with Crippen LogP contribution in [0.3, 0.4) is 0 Å². The average molecular weight is 207 g/mol. The van der Waals surface area contributed by atoms with Crippen molar-refractivity contribution in [3.8, 4) is 0 Å². The summed E-state index contributed by atoms with van der Waals surface area (Å²) in [4.78, 5) is 20.3. The van der Waals surface area contributed by atoms with Crippen molar-refractivity contribution in [1.82, 2.24) is 9.76 Å². The maximum absolute atomic E-state index is 11.4. The molecule has 6 nitrogen and oxygen atoms in total. The number of rotatable bonds is 4. The lowest BCUT2D eigenvalue weighted by atomic mass is 10.2. The first kappa shape index (κ1) is 10.7. The van der Waals surface area contributed by atoms with E-state index in [1.54, 1.807) is 0 Å². The number of nitrogens with two attached hydrogens (primary N) is 1. The van der Waals surface area contributed by atoms with Crippen LogP contribution in [-0.4, -0.2) is 34.6 Å². The maximum Gasteiger partial charge on any atom is 0.368 e. The molecule has 1 heterocycles. The van der Waals surface area contributed by atoms with E-state index in [0.717, 1.165) is 11.1 Å². The highest BCUT2D eigenvalue weighted by Gasteiger charge is 2.44. The fraction of sp³-hybridized carbons (Fsp3) is 0.833. The number of nitrogens with one attached hydrogen (secondary N) is 1. The van der Waals surface area contributed by atoms with Crippen molar-refractivity contribution in [2.45, 2.75) is 19.4 Å². The molecule has 0 bridgehead atoms. The molecular weight excluding hydrogens is 193 g/mol. The summed E-state index contributed by atoms with van der Waals surface area (Å²) in [6.07, 6.45) is 0.735. The number of carbonyl (C=O) groups is 1. The molecule has 1 aliphatic heterocycles. The van der Waals surface area contributed by atoms with Crippen molar-refractivity contribution in [2.24, 2.45) is 5.73 Å². The van der Waals surface area contributed by atoms with Crippen molar-refractivity contribution in [3.63, 3.8) is 0 Å². The molecule has 0 radical (unpaired) electrons. The van der Waals surface area contributed by atoms with E-state index in [9.17, 15) is 14.3 Å². The Kier molecular flexibility index (Phi) is 3.08. The Morgan fingerprint density at radius 3 is 2.85 bits per heavy atom. The zero-order valence-electron chi connectivity index (χ0n) is 7.43. The first-order chi connectivity index (χ1) is 5.99. The summed E-state index contributed by atoms with van der Waals surface area (Å²) in [5, 5.41) is 2.42. The van der Waals surface area contributed by atoms with Gasteiger partial charge in [0.1, 0.15) is 6.04 Å². The largest absolute Gasteiger partial charge is 0.368 e. The molecule has 0 saturated carbocycles. The van der Waals surface area contributed by atoms with E-state index in [1.165, 1.54) is 0 Å². The Bertz CT molecular complexity index is 258. The Hall–Kier alpha value is -0.420. The second-order valence-corrected chi connectivity index (χ2v) is 4.87. The lowest BCUT2D eigenvalue weighted by molar-refractivity contribution is -0.136. The average Bonchev–Trinajstić information content (AvgIpc) is 2.10. The van der Waals surface area contributed by atoms with E-state index in [4.69, 9.17) is 5.73 Å². The topological polar surface area (TPSA) is 95.7 Å². The van der Waals surface area contributed by atoms with Crippen molar-refractivity contribution >= 4 is 13.6 Å². The standard InChI is InChI=1S/C6H14N3O3P/c1-2-3-8-13(11,12)9-4-5(7)6(9)10/h5H,2-4,7H2,1H3,(H2,8,11,12). The van der Waals surface area contributed by atoms with Gasteiger partial charge in [-0.3, -0.25) is 9.46 Å². The van der Waals surface area contributed by atoms with E-state index < -0.39 is 19.6 Å². The first-order valence-corrected chi connectivity index (χ1v) is 5.75. The van der Waals surface area contributed by atoms with Crippen molar-refractivity contribution in [3.05, 3.63) is 0 Å². The molecule has 4 N–H and O–H groups in total. The monoisotopic (exact) mass is 207 g/mol. The molecule has 1 saturated heterocycles. The minimum atomic E-state index is -3.65. The van der Waals surface area contributed by atoms with Gasteiger partial charge in [0.15, 0.2) is 0 Å². The van der Waals surface area contributed by atoms with Gasteiger partial charge in [0, 0.05) is 6.54 Å². The number of amides is 1. The van der Waals surface area contributed by atoms with E-state index >= 15 is 0 Å². The Labute approximate surface area is 76.7 Å². The zero-order valence-corrected chi connectivity index (χ0v) is 8.33. The quantitative estimate of drug-likeness (QED) is 0.416. The van der Waals surface area contributed by atoms with Gasteiger partial charge < -0.3 is 10.6 Å². The molecule has 0 aliphatic carbocycles. The number of hydrogen-bond donors (Lipinski definition) is 3. The van der Waals surface area contributed by atoms with Crippen molar-refractivity contribution in [1.29, 1.82) is 0 Å². The number of β-lactam (4-membered cyclic amide) rings is 1. The van der Waals surface area contributed by atoms with Crippen LogP contribution in [0.5, 0.6) is 0 Å². The van der Waals surface area contributed by atoms with Crippen LogP contribution in [-0.2, 0) is 9.36 Å². The van der Waals surface area contributed by atoms with Crippen LogP contribution >= 0.6 is 7.67 Å². The van der Waals surface area contributed by atoms with Gasteiger partial charge in [-0.15, -0.1) is 0 Å². The van der Waals surface area contributed by atoms with Gasteiger partial charge in [-0.05, 0) is 6.42 Å². The van der Waals surface area contributed by atoms with Crippen molar-refractivity contribution in [2.75, 3.05) is 13.1 Å². The second-order valence-electron chi connectivity index (χ2n) is 2.98. The van der Waals surface area contributed by atoms with Gasteiger partial charge in [0.05, 0.1) is 6.54 Å². The molecule has 0 aromatic heterocycles. The van der Waals surface area contributed by atoms with Crippen LogP contribution in [0.4, 0.5) is 0 Å². The molecule has 13 heavy (non-hydrogen) atoms. The fourth-order valence-electron chi connectivity index (χ4n) is 1.02. The summed E-state index contributed by atoms with van der Waals surface area (Å²) < 4.78 is 12.3. The van der Waals surface area contributed by atoms with Crippen LogP contribution < -0.4 is 10.8 Å². The highest BCUT2D eigenvalue weighted by molar-refractivity contribution is 7.54. The first-order valence-electron chi connectivity index (χ1n) is 4.14. The summed E-state index contributed by atoms with van der Waals surface area (Å²) in [7, 11) is -3.65. The Morgan fingerprint density at radius 1 is 1.85 bits per heavy atom. The summed E-state index contributed by atoms with van der Waals surface area (Å²) in [5.74, 6) is -0.463. The summed E-state index contributed by atoms with van der Waals surface area (Å²) >= 11 is 0. The van der Waals surface area contributed by atoms with E-state index in [2.05, 4.69) is 5.09 Å². The van der Waals surface area contributed by atoms with Crippen LogP contribution in [0.25, 0.3) is 0 Å². The summed E-state index contributed by atoms with van der Waals surface area (Å²) in [6.45, 7) is 2.44. The molecule has 1 rings (SSSR count). The number of carbonyl (C=O) groups excluding carboxylic acids is 1. The normalized spacial score (nSPS) is 26.8. The van der Waals surface area contributed by atoms with Gasteiger partial charge >= 0.3 is 7.67 Å². The molecule has 0 spiro atoms. The number of hydrogen-bond acceptors (Lipinski definition) is 3. The van der Waals surface area contributed by atoms with Crippen LogP contribution in [0.1, 0.15) is 13.3 Å². The zero-order chi connectivity index (χ0) is 10.1. The summed E-state index contributed by atoms with van der Waals surface area (Å²) in [6, 6.07) is -0.607. The Balaban J connectivity index is 2.51. The van der Waals surface area contributed by atoms with Gasteiger partial charge in [-0.25, -0.2) is 9.65 Å². The third kappa shape index (κ3) is 2.08. The lowest BCUT2D eigenvalue weighted by Gasteiger charge is -2.38. The van der Waals surface area contributed by atoms with Crippen LogP contribution in [0, 0.1) is 0 Å². The van der Waals surface area contributed by atoms with Gasteiger partial charge in [-0.2, -0.15) is 0 Å². The van der Waals surface area contributed by atoms with Crippen LogP contribution in [0.15, 0.2) is 0 Å². The molecule has 1 aliphatic rings. The third-order valence-corrected chi connectivity index (χ3v) is 3.49. The molecule has 1 fully saturated rings. The molecule has 2 unspecified atom stereocenters. The highest BCUT2D eigenvalue weighted by atomic mass is 31.2. The predicted molar refractivity (Wildman–Crippen MR) is 47.8 cm³/mol. The molecule has 76 valence electrons. The molecule has 7 heteroatoms. The second kappa shape index (κ2) is 3.75. The van der Waals surface area contributed by atoms with Gasteiger partial charge in [-0.1, -0.05) is 6.92 Å². The fourth-order valence-corrected chi connectivity index (χ4v) is 2.52. The predicted octanol–water partition coefficient (Wildman–Crippen LogP) is -0.744. The van der Waals surface area contributed by atoms with E-state index in [0.29, 0.717) is 6.54 Å². The smallest absolute Gasteiger partial charge is 0.318 e. The van der Waals surface area contributed by atoms with E-state index in [-0.39, 0.29) is 6.54 Å². The van der Waals surface area contributed by atoms with Gasteiger partial charge in [0.2, 0.25) is 5.91 Å².